The van der Waals surface area contributed by atoms with Crippen LogP contribution in [0.15, 0.2) is 133 Å². The van der Waals surface area contributed by atoms with Gasteiger partial charge in [0, 0.05) is 5.41 Å². The van der Waals surface area contributed by atoms with Gasteiger partial charge in [0.2, 0.25) is 0 Å². The van der Waals surface area contributed by atoms with Crippen LogP contribution in [-0.4, -0.2) is 0 Å². The van der Waals surface area contributed by atoms with E-state index in [1.54, 1.807) is 0 Å². The van der Waals surface area contributed by atoms with E-state index < -0.39 is 0 Å². The standard InChI is InChI=1S/C31H32N2/c32-30(33)29(21-25-13-5-1-6-14-25)31(22-26-15-7-2-8-16-26,23-27-17-9-3-10-18-27)24-28-19-11-4-12-20-28/h1-20H,21-24,32-33H2. The lowest BCUT2D eigenvalue weighted by atomic mass is 9.66. The van der Waals surface area contributed by atoms with E-state index >= 15 is 0 Å². The van der Waals surface area contributed by atoms with Crippen molar-refractivity contribution in [1.29, 1.82) is 0 Å². The van der Waals surface area contributed by atoms with Crippen LogP contribution < -0.4 is 11.5 Å². The molecule has 0 atom stereocenters. The first-order valence-corrected chi connectivity index (χ1v) is 11.5. The van der Waals surface area contributed by atoms with Gasteiger partial charge in [-0.25, -0.2) is 0 Å². The van der Waals surface area contributed by atoms with Crippen LogP contribution in [0.3, 0.4) is 0 Å². The third kappa shape index (κ3) is 5.93. The minimum Gasteiger partial charge on any atom is -0.386 e. The Morgan fingerprint density at radius 1 is 0.455 bits per heavy atom. The average Bonchev–Trinajstić information content (AvgIpc) is 2.85. The lowest BCUT2D eigenvalue weighted by Gasteiger charge is -2.38. The fourth-order valence-corrected chi connectivity index (χ4v) is 4.86. The maximum Gasteiger partial charge on any atom is 0.0934 e. The molecule has 0 saturated carbocycles. The van der Waals surface area contributed by atoms with Gasteiger partial charge in [-0.2, -0.15) is 0 Å². The van der Waals surface area contributed by atoms with Crippen molar-refractivity contribution in [3.05, 3.63) is 155 Å². The van der Waals surface area contributed by atoms with E-state index in [4.69, 9.17) is 11.5 Å². The Labute approximate surface area is 197 Å². The Morgan fingerprint density at radius 2 is 0.758 bits per heavy atom. The van der Waals surface area contributed by atoms with Crippen molar-refractivity contribution >= 4 is 0 Å². The second-order valence-corrected chi connectivity index (χ2v) is 8.86. The van der Waals surface area contributed by atoms with Crippen molar-refractivity contribution < 1.29 is 0 Å². The smallest absolute Gasteiger partial charge is 0.0934 e. The predicted octanol–water partition coefficient (Wildman–Crippen LogP) is 6.07. The molecule has 2 nitrogen and oxygen atoms in total. The summed E-state index contributed by atoms with van der Waals surface area (Å²) in [6.07, 6.45) is 3.31. The Hall–Kier alpha value is -3.78. The molecule has 0 aliphatic heterocycles. The molecule has 4 rings (SSSR count). The molecule has 2 heteroatoms. The molecule has 0 fully saturated rings. The van der Waals surface area contributed by atoms with Crippen molar-refractivity contribution in [3.8, 4) is 0 Å². The number of nitrogens with two attached hydrogens (primary N) is 2. The highest BCUT2D eigenvalue weighted by Gasteiger charge is 2.36. The van der Waals surface area contributed by atoms with Gasteiger partial charge >= 0.3 is 0 Å². The van der Waals surface area contributed by atoms with Crippen LogP contribution in [0.5, 0.6) is 0 Å². The van der Waals surface area contributed by atoms with E-state index in [9.17, 15) is 0 Å². The fourth-order valence-electron chi connectivity index (χ4n) is 4.86. The molecule has 4 N–H and O–H groups in total. The van der Waals surface area contributed by atoms with Gasteiger partial charge in [-0.15, -0.1) is 0 Å². The fraction of sp³-hybridized carbons (Fsp3) is 0.161. The van der Waals surface area contributed by atoms with E-state index in [2.05, 4.69) is 115 Å². The van der Waals surface area contributed by atoms with E-state index in [1.165, 1.54) is 22.3 Å². The van der Waals surface area contributed by atoms with Crippen molar-refractivity contribution in [2.75, 3.05) is 0 Å². The van der Waals surface area contributed by atoms with Gasteiger partial charge in [0.05, 0.1) is 5.82 Å². The molecular formula is C31H32N2. The van der Waals surface area contributed by atoms with Crippen LogP contribution in [0, 0.1) is 5.41 Å². The van der Waals surface area contributed by atoms with Crippen molar-refractivity contribution in [3.63, 3.8) is 0 Å². The summed E-state index contributed by atoms with van der Waals surface area (Å²) in [6.45, 7) is 0. The quantitative estimate of drug-likeness (QED) is 0.337. The first-order chi connectivity index (χ1) is 16.1. The van der Waals surface area contributed by atoms with Gasteiger partial charge in [-0.1, -0.05) is 121 Å². The minimum absolute atomic E-state index is 0.265. The Bertz CT molecular complexity index is 1050. The Kier molecular flexibility index (Phi) is 7.26. The molecule has 0 radical (unpaired) electrons. The van der Waals surface area contributed by atoms with E-state index in [-0.39, 0.29) is 5.41 Å². The highest BCUT2D eigenvalue weighted by atomic mass is 14.8. The zero-order valence-electron chi connectivity index (χ0n) is 19.0. The largest absolute Gasteiger partial charge is 0.386 e. The molecule has 0 aliphatic carbocycles. The summed E-state index contributed by atoms with van der Waals surface area (Å²) in [6, 6.07) is 42.6. The normalized spacial score (nSPS) is 11.2. The van der Waals surface area contributed by atoms with Gasteiger partial charge < -0.3 is 11.5 Å². The van der Waals surface area contributed by atoms with E-state index in [0.717, 1.165) is 31.3 Å². The molecule has 0 aliphatic rings. The maximum absolute atomic E-state index is 6.49. The number of hydrogen-bond acceptors (Lipinski definition) is 2. The maximum atomic E-state index is 6.49. The lowest BCUT2D eigenvalue weighted by Crippen LogP contribution is -2.36. The molecule has 166 valence electrons. The SMILES string of the molecule is NC(N)=C(Cc1ccccc1)C(Cc1ccccc1)(Cc1ccccc1)Cc1ccccc1. The summed E-state index contributed by atoms with van der Waals surface area (Å²) >= 11 is 0. The summed E-state index contributed by atoms with van der Waals surface area (Å²) in [7, 11) is 0. The number of benzene rings is 4. The summed E-state index contributed by atoms with van der Waals surface area (Å²) in [5, 5.41) is 0. The van der Waals surface area contributed by atoms with E-state index in [1.807, 2.05) is 6.07 Å². The number of hydrogen-bond donors (Lipinski definition) is 2. The van der Waals surface area contributed by atoms with Crippen molar-refractivity contribution in [2.45, 2.75) is 25.7 Å². The third-order valence-corrected chi connectivity index (χ3v) is 6.37. The topological polar surface area (TPSA) is 52.0 Å². The van der Waals surface area contributed by atoms with Crippen LogP contribution in [0.25, 0.3) is 0 Å². The molecule has 0 amide bonds. The molecule has 33 heavy (non-hydrogen) atoms. The third-order valence-electron chi connectivity index (χ3n) is 6.37. The summed E-state index contributed by atoms with van der Waals surface area (Å²) in [5.74, 6) is 0.432. The molecule has 0 spiro atoms. The number of allylic oxidation sites excluding steroid dienone is 1. The van der Waals surface area contributed by atoms with Crippen LogP contribution in [0.2, 0.25) is 0 Å². The van der Waals surface area contributed by atoms with Crippen LogP contribution in [0.4, 0.5) is 0 Å². The molecule has 0 aromatic heterocycles. The lowest BCUT2D eigenvalue weighted by molar-refractivity contribution is 0.334. The highest BCUT2D eigenvalue weighted by molar-refractivity contribution is 5.36. The van der Waals surface area contributed by atoms with Gasteiger partial charge in [0.15, 0.2) is 0 Å². The van der Waals surface area contributed by atoms with Gasteiger partial charge in [0.25, 0.3) is 0 Å². The zero-order chi connectivity index (χ0) is 22.9. The second-order valence-electron chi connectivity index (χ2n) is 8.86. The molecule has 0 heterocycles. The molecular weight excluding hydrogens is 400 g/mol. The minimum atomic E-state index is -0.265. The summed E-state index contributed by atoms with van der Waals surface area (Å²) < 4.78 is 0. The zero-order valence-corrected chi connectivity index (χ0v) is 19.0. The highest BCUT2D eigenvalue weighted by Crippen LogP contribution is 2.41. The Balaban J connectivity index is 1.86. The monoisotopic (exact) mass is 432 g/mol. The van der Waals surface area contributed by atoms with Crippen molar-refractivity contribution in [1.82, 2.24) is 0 Å². The summed E-state index contributed by atoms with van der Waals surface area (Å²) in [4.78, 5) is 0. The van der Waals surface area contributed by atoms with E-state index in [0.29, 0.717) is 5.82 Å². The van der Waals surface area contributed by atoms with Crippen LogP contribution >= 0.6 is 0 Å². The Morgan fingerprint density at radius 3 is 1.06 bits per heavy atom. The first kappa shape index (κ1) is 22.4. The predicted molar refractivity (Wildman–Crippen MR) is 138 cm³/mol. The van der Waals surface area contributed by atoms with Gasteiger partial charge in [-0.3, -0.25) is 0 Å². The molecule has 0 saturated heterocycles. The van der Waals surface area contributed by atoms with Crippen molar-refractivity contribution in [2.24, 2.45) is 16.9 Å². The van der Waals surface area contributed by atoms with Gasteiger partial charge in [-0.05, 0) is 53.5 Å². The van der Waals surface area contributed by atoms with Crippen LogP contribution in [-0.2, 0) is 25.7 Å². The van der Waals surface area contributed by atoms with Gasteiger partial charge in [0.1, 0.15) is 0 Å². The molecule has 4 aromatic carbocycles. The number of rotatable bonds is 9. The summed E-state index contributed by atoms with van der Waals surface area (Å²) in [5.41, 5.74) is 18.9. The van der Waals surface area contributed by atoms with Crippen LogP contribution in [0.1, 0.15) is 22.3 Å². The second kappa shape index (κ2) is 10.7. The average molecular weight is 433 g/mol. The molecule has 0 bridgehead atoms. The molecule has 4 aromatic rings. The molecule has 0 unspecified atom stereocenters. The first-order valence-electron chi connectivity index (χ1n) is 11.5.